The molecule has 0 bridgehead atoms. The van der Waals surface area contributed by atoms with Crippen molar-refractivity contribution in [3.8, 4) is 0 Å². The summed E-state index contributed by atoms with van der Waals surface area (Å²) in [5.41, 5.74) is 1.23. The van der Waals surface area contributed by atoms with E-state index in [9.17, 15) is 4.79 Å². The van der Waals surface area contributed by atoms with Gasteiger partial charge in [0.05, 0.1) is 7.11 Å². The maximum atomic E-state index is 11.4. The molecule has 1 aliphatic rings. The third kappa shape index (κ3) is 2.88. The number of ether oxygens (including phenoxy) is 2. The highest BCUT2D eigenvalue weighted by molar-refractivity contribution is 5.86. The molecule has 0 unspecified atom stereocenters. The number of rotatable bonds is 4. The number of aliphatic imine (C=N–C) groups is 1. The van der Waals surface area contributed by atoms with Gasteiger partial charge in [-0.2, -0.15) is 0 Å². The number of hydrogen-bond acceptors (Lipinski definition) is 4. The van der Waals surface area contributed by atoms with Gasteiger partial charge in [-0.25, -0.2) is 9.79 Å². The minimum atomic E-state index is -0.513. The van der Waals surface area contributed by atoms with E-state index in [0.29, 0.717) is 12.3 Å². The molecule has 1 aromatic carbocycles. The van der Waals surface area contributed by atoms with E-state index >= 15 is 0 Å². The third-order valence-electron chi connectivity index (χ3n) is 2.96. The van der Waals surface area contributed by atoms with Gasteiger partial charge in [0.1, 0.15) is 6.10 Å². The molecule has 0 N–H and O–H groups in total. The van der Waals surface area contributed by atoms with Crippen LogP contribution in [-0.2, 0) is 20.7 Å². The molecule has 0 aromatic heterocycles. The topological polar surface area (TPSA) is 47.9 Å². The predicted molar refractivity (Wildman–Crippen MR) is 68.5 cm³/mol. The van der Waals surface area contributed by atoms with Crippen LogP contribution in [0.1, 0.15) is 18.9 Å². The zero-order valence-corrected chi connectivity index (χ0v) is 10.6. The van der Waals surface area contributed by atoms with Gasteiger partial charge in [0.25, 0.3) is 0 Å². The van der Waals surface area contributed by atoms with E-state index in [1.54, 1.807) is 0 Å². The Kier molecular flexibility index (Phi) is 3.97. The van der Waals surface area contributed by atoms with Crippen molar-refractivity contribution in [2.24, 2.45) is 4.99 Å². The summed E-state index contributed by atoms with van der Waals surface area (Å²) >= 11 is 0. The van der Waals surface area contributed by atoms with Crippen LogP contribution < -0.4 is 0 Å². The Morgan fingerprint density at radius 1 is 1.33 bits per heavy atom. The van der Waals surface area contributed by atoms with Crippen LogP contribution in [0.3, 0.4) is 0 Å². The first-order valence-corrected chi connectivity index (χ1v) is 6.06. The molecule has 2 rings (SSSR count). The molecular formula is C14H17NO3. The number of esters is 1. The molecule has 1 aromatic rings. The minimum absolute atomic E-state index is 0.233. The summed E-state index contributed by atoms with van der Waals surface area (Å²) in [5, 5.41) is 0. The van der Waals surface area contributed by atoms with Crippen molar-refractivity contribution in [1.82, 2.24) is 0 Å². The summed E-state index contributed by atoms with van der Waals surface area (Å²) in [6, 6.07) is 9.62. The highest BCUT2D eigenvalue weighted by Crippen LogP contribution is 2.17. The Morgan fingerprint density at radius 2 is 2.06 bits per heavy atom. The number of methoxy groups -OCH3 is 1. The minimum Gasteiger partial charge on any atom is -0.475 e. The van der Waals surface area contributed by atoms with Crippen molar-refractivity contribution >= 4 is 11.9 Å². The fraction of sp³-hybridized carbons (Fsp3) is 0.429. The molecule has 4 heteroatoms. The lowest BCUT2D eigenvalue weighted by Crippen LogP contribution is -2.28. The summed E-state index contributed by atoms with van der Waals surface area (Å²) in [6.45, 7) is 1.83. The smallest absolute Gasteiger partial charge is 0.334 e. The van der Waals surface area contributed by atoms with Crippen LogP contribution >= 0.6 is 0 Å². The zero-order chi connectivity index (χ0) is 13.0. The number of carbonyl (C=O) groups is 1. The number of nitrogens with zero attached hydrogens (tertiary/aromatic N) is 1. The number of benzene rings is 1. The molecule has 0 saturated heterocycles. The normalized spacial score (nSPS) is 22.2. The summed E-state index contributed by atoms with van der Waals surface area (Å²) in [4.78, 5) is 15.7. The standard InChI is InChI=1S/C14H17NO3/c1-10-13(14(16)17-2)15-12(18-10)9-8-11-6-4-3-5-7-11/h3-7,10,13H,8-9H2,1-2H3/t10-,13+/m1/s1. The number of carbonyl (C=O) groups excluding carboxylic acids is 1. The molecule has 0 saturated carbocycles. The summed E-state index contributed by atoms with van der Waals surface area (Å²) in [5.74, 6) is 0.305. The first-order chi connectivity index (χ1) is 8.70. The average molecular weight is 247 g/mol. The number of aryl methyl sites for hydroxylation is 1. The first-order valence-electron chi connectivity index (χ1n) is 6.06. The van der Waals surface area contributed by atoms with Gasteiger partial charge >= 0.3 is 5.97 Å². The van der Waals surface area contributed by atoms with Gasteiger partial charge in [-0.05, 0) is 18.9 Å². The first kappa shape index (κ1) is 12.6. The lowest BCUT2D eigenvalue weighted by Gasteiger charge is -2.10. The Bertz CT molecular complexity index is 442. The van der Waals surface area contributed by atoms with E-state index in [0.717, 1.165) is 6.42 Å². The summed E-state index contributed by atoms with van der Waals surface area (Å²) in [7, 11) is 1.37. The van der Waals surface area contributed by atoms with Crippen LogP contribution in [0.25, 0.3) is 0 Å². The van der Waals surface area contributed by atoms with Crippen molar-refractivity contribution in [3.05, 3.63) is 35.9 Å². The van der Waals surface area contributed by atoms with Crippen molar-refractivity contribution in [3.63, 3.8) is 0 Å². The highest BCUT2D eigenvalue weighted by atomic mass is 16.5. The molecule has 0 aliphatic carbocycles. The Hall–Kier alpha value is -1.84. The molecule has 1 heterocycles. The third-order valence-corrected chi connectivity index (χ3v) is 2.96. The lowest BCUT2D eigenvalue weighted by atomic mass is 10.1. The van der Waals surface area contributed by atoms with Crippen LogP contribution in [0.2, 0.25) is 0 Å². The number of hydrogen-bond donors (Lipinski definition) is 0. The molecule has 0 spiro atoms. The molecule has 96 valence electrons. The Balaban J connectivity index is 1.93. The van der Waals surface area contributed by atoms with E-state index in [-0.39, 0.29) is 12.1 Å². The second-order valence-electron chi connectivity index (χ2n) is 4.30. The van der Waals surface area contributed by atoms with Crippen LogP contribution in [-0.4, -0.2) is 31.1 Å². The molecule has 2 atom stereocenters. The fourth-order valence-electron chi connectivity index (χ4n) is 1.95. The van der Waals surface area contributed by atoms with Gasteiger partial charge < -0.3 is 9.47 Å². The molecule has 18 heavy (non-hydrogen) atoms. The Labute approximate surface area is 107 Å². The zero-order valence-electron chi connectivity index (χ0n) is 10.6. The second kappa shape index (κ2) is 5.67. The highest BCUT2D eigenvalue weighted by Gasteiger charge is 2.33. The molecule has 4 nitrogen and oxygen atoms in total. The Morgan fingerprint density at radius 3 is 2.72 bits per heavy atom. The second-order valence-corrected chi connectivity index (χ2v) is 4.30. The molecular weight excluding hydrogens is 230 g/mol. The van der Waals surface area contributed by atoms with Crippen LogP contribution in [0.5, 0.6) is 0 Å². The average Bonchev–Trinajstić information content (AvgIpc) is 2.78. The van der Waals surface area contributed by atoms with Gasteiger partial charge in [-0.15, -0.1) is 0 Å². The van der Waals surface area contributed by atoms with Crippen molar-refractivity contribution in [2.75, 3.05) is 7.11 Å². The van der Waals surface area contributed by atoms with Gasteiger partial charge in [-0.1, -0.05) is 30.3 Å². The van der Waals surface area contributed by atoms with Crippen molar-refractivity contribution in [1.29, 1.82) is 0 Å². The molecule has 0 radical (unpaired) electrons. The van der Waals surface area contributed by atoms with Crippen LogP contribution in [0.15, 0.2) is 35.3 Å². The van der Waals surface area contributed by atoms with Gasteiger partial charge in [0.2, 0.25) is 0 Å². The molecule has 0 amide bonds. The summed E-state index contributed by atoms with van der Waals surface area (Å²) in [6.07, 6.45) is 1.34. The van der Waals surface area contributed by atoms with E-state index in [4.69, 9.17) is 4.74 Å². The SMILES string of the molecule is COC(=O)[C@H]1N=C(CCc2ccccc2)O[C@@H]1C. The van der Waals surface area contributed by atoms with Gasteiger partial charge in [-0.3, -0.25) is 0 Å². The van der Waals surface area contributed by atoms with E-state index in [2.05, 4.69) is 21.9 Å². The quantitative estimate of drug-likeness (QED) is 0.764. The van der Waals surface area contributed by atoms with Crippen LogP contribution in [0.4, 0.5) is 0 Å². The van der Waals surface area contributed by atoms with E-state index < -0.39 is 6.04 Å². The summed E-state index contributed by atoms with van der Waals surface area (Å²) < 4.78 is 10.3. The fourth-order valence-corrected chi connectivity index (χ4v) is 1.95. The lowest BCUT2D eigenvalue weighted by molar-refractivity contribution is -0.143. The van der Waals surface area contributed by atoms with E-state index in [1.807, 2.05) is 25.1 Å². The van der Waals surface area contributed by atoms with Gasteiger partial charge in [0, 0.05) is 6.42 Å². The van der Waals surface area contributed by atoms with E-state index in [1.165, 1.54) is 12.7 Å². The maximum Gasteiger partial charge on any atom is 0.334 e. The monoisotopic (exact) mass is 247 g/mol. The predicted octanol–water partition coefficient (Wildman–Crippen LogP) is 1.98. The van der Waals surface area contributed by atoms with Crippen molar-refractivity contribution in [2.45, 2.75) is 31.9 Å². The van der Waals surface area contributed by atoms with Crippen molar-refractivity contribution < 1.29 is 14.3 Å². The maximum absolute atomic E-state index is 11.4. The van der Waals surface area contributed by atoms with Gasteiger partial charge in [0.15, 0.2) is 11.9 Å². The molecule has 0 fully saturated rings. The largest absolute Gasteiger partial charge is 0.475 e. The van der Waals surface area contributed by atoms with Crippen LogP contribution in [0, 0.1) is 0 Å². The molecule has 1 aliphatic heterocycles.